The molecule has 0 aromatic carbocycles. The van der Waals surface area contributed by atoms with E-state index < -0.39 is 0 Å². The molecule has 1 N–H and O–H groups in total. The number of nitrogens with one attached hydrogen (secondary N) is 1. The molecule has 1 unspecified atom stereocenters. The van der Waals surface area contributed by atoms with Crippen LogP contribution in [0.4, 0.5) is 0 Å². The topological polar surface area (TPSA) is 15.3 Å². The minimum atomic E-state index is 0.401. The molecule has 2 nitrogen and oxygen atoms in total. The zero-order valence-corrected chi connectivity index (χ0v) is 15.2. The lowest BCUT2D eigenvalue weighted by atomic mass is 9.79. The maximum Gasteiger partial charge on any atom is 0.0356 e. The van der Waals surface area contributed by atoms with Crippen LogP contribution in [0.25, 0.3) is 0 Å². The minimum Gasteiger partial charge on any atom is -0.312 e. The number of nitrogens with zero attached hydrogens (tertiary/aromatic N) is 1. The highest BCUT2D eigenvalue weighted by Gasteiger charge is 2.40. The van der Waals surface area contributed by atoms with Crippen molar-refractivity contribution in [2.75, 3.05) is 20.6 Å². The third-order valence-electron chi connectivity index (χ3n) is 5.50. The number of hydrogen-bond donors (Lipinski definition) is 1. The van der Waals surface area contributed by atoms with Gasteiger partial charge in [-0.25, -0.2) is 0 Å². The van der Waals surface area contributed by atoms with E-state index >= 15 is 0 Å². The summed E-state index contributed by atoms with van der Waals surface area (Å²) in [4.78, 5) is 2.56. The molecule has 1 aliphatic rings. The predicted molar refractivity (Wildman–Crippen MR) is 95.0 cm³/mol. The third kappa shape index (κ3) is 5.90. The summed E-state index contributed by atoms with van der Waals surface area (Å²) in [5.74, 6) is 0. The lowest BCUT2D eigenvalue weighted by Crippen LogP contribution is -2.59. The molecule has 0 spiro atoms. The SMILES string of the molecule is CCCCCCC(NCCC)C1(N(C)C)CCCCCC1. The Balaban J connectivity index is 2.72. The van der Waals surface area contributed by atoms with Crippen molar-refractivity contribution in [3.63, 3.8) is 0 Å². The molecule has 0 amide bonds. The second kappa shape index (κ2) is 10.6. The number of unbranched alkanes of at least 4 members (excludes halogenated alkanes) is 3. The van der Waals surface area contributed by atoms with Crippen LogP contribution in [0, 0.1) is 0 Å². The molecule has 21 heavy (non-hydrogen) atoms. The van der Waals surface area contributed by atoms with Crippen molar-refractivity contribution in [2.45, 2.75) is 102 Å². The summed E-state index contributed by atoms with van der Waals surface area (Å²) in [7, 11) is 4.63. The molecule has 0 bridgehead atoms. The van der Waals surface area contributed by atoms with E-state index in [-0.39, 0.29) is 0 Å². The molecular weight excluding hydrogens is 256 g/mol. The van der Waals surface area contributed by atoms with Crippen molar-refractivity contribution in [3.8, 4) is 0 Å². The number of rotatable bonds is 10. The Labute approximate surface area is 134 Å². The lowest BCUT2D eigenvalue weighted by Gasteiger charge is -2.46. The maximum absolute atomic E-state index is 3.92. The molecule has 1 fully saturated rings. The molecule has 1 saturated carbocycles. The van der Waals surface area contributed by atoms with Crippen molar-refractivity contribution >= 4 is 0 Å². The molecule has 0 radical (unpaired) electrons. The van der Waals surface area contributed by atoms with Crippen molar-refractivity contribution < 1.29 is 0 Å². The lowest BCUT2D eigenvalue weighted by molar-refractivity contribution is 0.0749. The fourth-order valence-corrected chi connectivity index (χ4v) is 4.10. The van der Waals surface area contributed by atoms with E-state index in [2.05, 4.69) is 38.2 Å². The van der Waals surface area contributed by atoms with Gasteiger partial charge < -0.3 is 10.2 Å². The second-order valence-corrected chi connectivity index (χ2v) is 7.27. The van der Waals surface area contributed by atoms with Crippen LogP contribution in [-0.2, 0) is 0 Å². The Bertz CT molecular complexity index is 242. The quantitative estimate of drug-likeness (QED) is 0.452. The normalized spacial score (nSPS) is 20.4. The first kappa shape index (κ1) is 19.0. The van der Waals surface area contributed by atoms with Crippen LogP contribution in [0.15, 0.2) is 0 Å². The van der Waals surface area contributed by atoms with Gasteiger partial charge in [-0.2, -0.15) is 0 Å². The van der Waals surface area contributed by atoms with E-state index in [0.29, 0.717) is 11.6 Å². The molecule has 0 aromatic rings. The van der Waals surface area contributed by atoms with E-state index in [1.807, 2.05) is 0 Å². The summed E-state index contributed by atoms with van der Waals surface area (Å²) in [6.45, 7) is 5.77. The fraction of sp³-hybridized carbons (Fsp3) is 1.00. The van der Waals surface area contributed by atoms with Gasteiger partial charge in [-0.1, -0.05) is 65.2 Å². The van der Waals surface area contributed by atoms with Gasteiger partial charge in [0.15, 0.2) is 0 Å². The summed E-state index contributed by atoms with van der Waals surface area (Å²) >= 11 is 0. The van der Waals surface area contributed by atoms with E-state index in [4.69, 9.17) is 0 Å². The summed E-state index contributed by atoms with van der Waals surface area (Å²) in [6.07, 6.45) is 16.6. The standard InChI is InChI=1S/C19H40N2/c1-5-7-8-11-14-18(20-17-6-2)19(21(3)4)15-12-9-10-13-16-19/h18,20H,5-17H2,1-4H3. The molecule has 0 aromatic heterocycles. The molecule has 1 atom stereocenters. The molecule has 1 rings (SSSR count). The van der Waals surface area contributed by atoms with Crippen LogP contribution >= 0.6 is 0 Å². The maximum atomic E-state index is 3.92. The van der Waals surface area contributed by atoms with Gasteiger partial charge in [0, 0.05) is 11.6 Å². The highest BCUT2D eigenvalue weighted by molar-refractivity contribution is 4.99. The van der Waals surface area contributed by atoms with Gasteiger partial charge in [0.2, 0.25) is 0 Å². The molecule has 1 aliphatic carbocycles. The summed E-state index contributed by atoms with van der Waals surface area (Å²) in [6, 6.07) is 0.683. The van der Waals surface area contributed by atoms with Crippen LogP contribution in [0.5, 0.6) is 0 Å². The summed E-state index contributed by atoms with van der Waals surface area (Å²) < 4.78 is 0. The largest absolute Gasteiger partial charge is 0.312 e. The molecule has 0 aliphatic heterocycles. The van der Waals surface area contributed by atoms with Crippen LogP contribution < -0.4 is 5.32 Å². The Hall–Kier alpha value is -0.0800. The average Bonchev–Trinajstić information content (AvgIpc) is 2.73. The molecule has 2 heteroatoms. The Morgan fingerprint density at radius 1 is 0.905 bits per heavy atom. The van der Waals surface area contributed by atoms with Gasteiger partial charge in [-0.05, 0) is 46.3 Å². The zero-order chi connectivity index (χ0) is 15.6. The van der Waals surface area contributed by atoms with E-state index in [9.17, 15) is 0 Å². The minimum absolute atomic E-state index is 0.401. The van der Waals surface area contributed by atoms with E-state index in [1.54, 1.807) is 0 Å². The van der Waals surface area contributed by atoms with Crippen molar-refractivity contribution in [2.24, 2.45) is 0 Å². The number of hydrogen-bond acceptors (Lipinski definition) is 2. The highest BCUT2D eigenvalue weighted by atomic mass is 15.2. The Morgan fingerprint density at radius 2 is 1.57 bits per heavy atom. The predicted octanol–water partition coefficient (Wildman–Crippen LogP) is 4.98. The zero-order valence-electron chi connectivity index (χ0n) is 15.2. The average molecular weight is 297 g/mol. The first-order chi connectivity index (χ1) is 10.2. The van der Waals surface area contributed by atoms with Crippen molar-refractivity contribution in [1.29, 1.82) is 0 Å². The molecule has 126 valence electrons. The fourth-order valence-electron chi connectivity index (χ4n) is 4.10. The third-order valence-corrected chi connectivity index (χ3v) is 5.50. The Morgan fingerprint density at radius 3 is 2.10 bits per heavy atom. The summed E-state index contributed by atoms with van der Waals surface area (Å²) in [5.41, 5.74) is 0.401. The van der Waals surface area contributed by atoms with Crippen molar-refractivity contribution in [1.82, 2.24) is 10.2 Å². The molecular formula is C19H40N2. The molecule has 0 heterocycles. The summed E-state index contributed by atoms with van der Waals surface area (Å²) in [5, 5.41) is 3.92. The van der Waals surface area contributed by atoms with E-state index in [0.717, 1.165) is 0 Å². The first-order valence-electron chi connectivity index (χ1n) is 9.58. The first-order valence-corrected chi connectivity index (χ1v) is 9.58. The van der Waals surface area contributed by atoms with Gasteiger partial charge in [0.25, 0.3) is 0 Å². The molecule has 0 saturated heterocycles. The second-order valence-electron chi connectivity index (χ2n) is 7.27. The van der Waals surface area contributed by atoms with Gasteiger partial charge in [-0.15, -0.1) is 0 Å². The Kier molecular flexibility index (Phi) is 9.59. The smallest absolute Gasteiger partial charge is 0.0356 e. The van der Waals surface area contributed by atoms with Crippen LogP contribution in [0.3, 0.4) is 0 Å². The van der Waals surface area contributed by atoms with E-state index in [1.165, 1.54) is 83.6 Å². The van der Waals surface area contributed by atoms with Gasteiger partial charge >= 0.3 is 0 Å². The van der Waals surface area contributed by atoms with Crippen LogP contribution in [0.2, 0.25) is 0 Å². The van der Waals surface area contributed by atoms with Gasteiger partial charge in [0.1, 0.15) is 0 Å². The number of likely N-dealkylation sites (N-methyl/N-ethyl adjacent to an activating group) is 1. The van der Waals surface area contributed by atoms with Gasteiger partial charge in [-0.3, -0.25) is 0 Å². The van der Waals surface area contributed by atoms with Crippen molar-refractivity contribution in [3.05, 3.63) is 0 Å². The van der Waals surface area contributed by atoms with Crippen LogP contribution in [0.1, 0.15) is 90.9 Å². The highest BCUT2D eigenvalue weighted by Crippen LogP contribution is 2.36. The van der Waals surface area contributed by atoms with Gasteiger partial charge in [0.05, 0.1) is 0 Å². The van der Waals surface area contributed by atoms with Crippen LogP contribution in [-0.4, -0.2) is 37.1 Å². The monoisotopic (exact) mass is 296 g/mol.